The van der Waals surface area contributed by atoms with Crippen LogP contribution >= 0.6 is 0 Å². The van der Waals surface area contributed by atoms with Crippen molar-refractivity contribution in [1.82, 2.24) is 15.1 Å². The molecule has 106 valence electrons. The predicted octanol–water partition coefficient (Wildman–Crippen LogP) is 0.881. The van der Waals surface area contributed by atoms with E-state index in [0.717, 1.165) is 16.9 Å². The van der Waals surface area contributed by atoms with Gasteiger partial charge < -0.3 is 10.4 Å². The lowest BCUT2D eigenvalue weighted by molar-refractivity contribution is -0.142. The van der Waals surface area contributed by atoms with Gasteiger partial charge in [0, 0.05) is 6.20 Å². The van der Waals surface area contributed by atoms with E-state index in [9.17, 15) is 22.8 Å². The first-order valence-corrected chi connectivity index (χ1v) is 5.37. The summed E-state index contributed by atoms with van der Waals surface area (Å²) in [6.45, 7) is 1.09. The van der Waals surface area contributed by atoms with Gasteiger partial charge in [0.15, 0.2) is 5.69 Å². The number of carboxylic acid groups (broad SMARTS) is 1. The molecule has 1 atom stereocenters. The first-order valence-electron chi connectivity index (χ1n) is 5.37. The zero-order valence-electron chi connectivity index (χ0n) is 9.94. The smallest absolute Gasteiger partial charge is 0.435 e. The lowest BCUT2D eigenvalue weighted by Crippen LogP contribution is -2.41. The van der Waals surface area contributed by atoms with Crippen molar-refractivity contribution in [2.24, 2.45) is 0 Å². The van der Waals surface area contributed by atoms with E-state index in [1.807, 2.05) is 0 Å². The number of aromatic nitrogens is 2. The summed E-state index contributed by atoms with van der Waals surface area (Å²) in [4.78, 5) is 22.1. The van der Waals surface area contributed by atoms with Gasteiger partial charge in [-0.2, -0.15) is 18.3 Å². The molecule has 1 aromatic rings. The van der Waals surface area contributed by atoms with Gasteiger partial charge in [0.1, 0.15) is 12.6 Å². The molecule has 19 heavy (non-hydrogen) atoms. The highest BCUT2D eigenvalue weighted by Crippen LogP contribution is 2.27. The molecule has 0 spiro atoms. The third-order valence-electron chi connectivity index (χ3n) is 2.28. The van der Waals surface area contributed by atoms with Crippen molar-refractivity contribution >= 4 is 11.9 Å². The van der Waals surface area contributed by atoms with Gasteiger partial charge in [-0.1, -0.05) is 6.92 Å². The fourth-order valence-corrected chi connectivity index (χ4v) is 1.33. The molecule has 9 heteroatoms. The summed E-state index contributed by atoms with van der Waals surface area (Å²) in [5.74, 6) is -1.92. The Kier molecular flexibility index (Phi) is 4.52. The molecular formula is C10H12F3N3O3. The molecule has 0 aliphatic carbocycles. The number of nitrogens with zero attached hydrogens (tertiary/aromatic N) is 2. The second-order valence-electron chi connectivity index (χ2n) is 3.76. The first-order chi connectivity index (χ1) is 8.74. The van der Waals surface area contributed by atoms with Crippen molar-refractivity contribution in [3.8, 4) is 0 Å². The molecule has 0 aromatic carbocycles. The van der Waals surface area contributed by atoms with Gasteiger partial charge in [0.05, 0.1) is 0 Å². The molecule has 0 bridgehead atoms. The van der Waals surface area contributed by atoms with Crippen LogP contribution in [0.25, 0.3) is 0 Å². The van der Waals surface area contributed by atoms with Gasteiger partial charge in [0.25, 0.3) is 0 Å². The molecule has 0 aliphatic rings. The lowest BCUT2D eigenvalue weighted by atomic mass is 10.2. The predicted molar refractivity (Wildman–Crippen MR) is 57.1 cm³/mol. The number of carbonyl (C=O) groups is 2. The van der Waals surface area contributed by atoms with E-state index in [1.165, 1.54) is 0 Å². The number of hydrogen-bond donors (Lipinski definition) is 2. The quantitative estimate of drug-likeness (QED) is 0.838. The van der Waals surface area contributed by atoms with Crippen LogP contribution in [0.15, 0.2) is 12.3 Å². The van der Waals surface area contributed by atoms with E-state index in [0.29, 0.717) is 0 Å². The summed E-state index contributed by atoms with van der Waals surface area (Å²) in [6.07, 6.45) is -3.40. The van der Waals surface area contributed by atoms with Crippen LogP contribution in [0.1, 0.15) is 19.0 Å². The summed E-state index contributed by atoms with van der Waals surface area (Å²) in [5.41, 5.74) is -1.11. The van der Waals surface area contributed by atoms with Crippen LogP contribution in [0.2, 0.25) is 0 Å². The second-order valence-corrected chi connectivity index (χ2v) is 3.76. The number of hydrogen-bond acceptors (Lipinski definition) is 3. The van der Waals surface area contributed by atoms with Crippen molar-refractivity contribution in [3.05, 3.63) is 18.0 Å². The number of alkyl halides is 3. The zero-order chi connectivity index (χ0) is 14.6. The third kappa shape index (κ3) is 4.27. The van der Waals surface area contributed by atoms with E-state index in [1.54, 1.807) is 6.92 Å². The van der Waals surface area contributed by atoms with Crippen LogP contribution in [-0.4, -0.2) is 32.8 Å². The van der Waals surface area contributed by atoms with E-state index in [2.05, 4.69) is 10.4 Å². The van der Waals surface area contributed by atoms with Crippen molar-refractivity contribution in [2.75, 3.05) is 0 Å². The van der Waals surface area contributed by atoms with E-state index >= 15 is 0 Å². The average Bonchev–Trinajstić information content (AvgIpc) is 2.73. The number of halogens is 3. The molecule has 2 N–H and O–H groups in total. The summed E-state index contributed by atoms with van der Waals surface area (Å²) >= 11 is 0. The Morgan fingerprint density at radius 3 is 2.58 bits per heavy atom. The maximum atomic E-state index is 12.3. The fourth-order valence-electron chi connectivity index (χ4n) is 1.33. The lowest BCUT2D eigenvalue weighted by Gasteiger charge is -2.12. The number of aliphatic carboxylic acids is 1. The van der Waals surface area contributed by atoms with Crippen LogP contribution < -0.4 is 5.32 Å². The number of rotatable bonds is 5. The van der Waals surface area contributed by atoms with Crippen molar-refractivity contribution in [1.29, 1.82) is 0 Å². The molecule has 1 aromatic heterocycles. The van der Waals surface area contributed by atoms with E-state index < -0.39 is 36.3 Å². The van der Waals surface area contributed by atoms with Gasteiger partial charge in [-0.25, -0.2) is 4.79 Å². The minimum absolute atomic E-state index is 0.175. The summed E-state index contributed by atoms with van der Waals surface area (Å²) in [6, 6.07) is -0.327. The summed E-state index contributed by atoms with van der Waals surface area (Å²) in [7, 11) is 0. The van der Waals surface area contributed by atoms with Crippen molar-refractivity contribution in [2.45, 2.75) is 32.1 Å². The molecule has 0 aliphatic heterocycles. The van der Waals surface area contributed by atoms with Gasteiger partial charge in [-0.15, -0.1) is 0 Å². The maximum Gasteiger partial charge on any atom is 0.435 e. The molecule has 0 radical (unpaired) electrons. The molecule has 1 heterocycles. The Bertz CT molecular complexity index is 470. The van der Waals surface area contributed by atoms with Crippen LogP contribution in [0.4, 0.5) is 13.2 Å². The second kappa shape index (κ2) is 5.72. The van der Waals surface area contributed by atoms with Crippen molar-refractivity contribution in [3.63, 3.8) is 0 Å². The number of carbonyl (C=O) groups excluding carboxylic acids is 1. The maximum absolute atomic E-state index is 12.3. The monoisotopic (exact) mass is 279 g/mol. The highest BCUT2D eigenvalue weighted by Gasteiger charge is 2.33. The SMILES string of the molecule is CC[C@@H](NC(=O)Cn1ccc(C(F)(F)F)n1)C(=O)O. The summed E-state index contributed by atoms with van der Waals surface area (Å²) in [5, 5.41) is 14.1. The van der Waals surface area contributed by atoms with Gasteiger partial charge in [0.2, 0.25) is 5.91 Å². The van der Waals surface area contributed by atoms with E-state index in [-0.39, 0.29) is 6.42 Å². The number of carboxylic acids is 1. The molecule has 0 saturated carbocycles. The first kappa shape index (κ1) is 15.0. The number of nitrogens with one attached hydrogen (secondary N) is 1. The minimum atomic E-state index is -4.57. The van der Waals surface area contributed by atoms with Gasteiger partial charge in [-0.05, 0) is 12.5 Å². The highest BCUT2D eigenvalue weighted by molar-refractivity contribution is 5.83. The standard InChI is InChI=1S/C10H12F3N3O3/c1-2-6(9(18)19)14-8(17)5-16-4-3-7(15-16)10(11,12)13/h3-4,6H,2,5H2,1H3,(H,14,17)(H,18,19)/t6-/m1/s1. The third-order valence-corrected chi connectivity index (χ3v) is 2.28. The largest absolute Gasteiger partial charge is 0.480 e. The highest BCUT2D eigenvalue weighted by atomic mass is 19.4. The molecule has 0 unspecified atom stereocenters. The molecule has 0 saturated heterocycles. The minimum Gasteiger partial charge on any atom is -0.480 e. The fraction of sp³-hybridized carbons (Fsp3) is 0.500. The molecule has 0 fully saturated rings. The summed E-state index contributed by atoms with van der Waals surface area (Å²) < 4.78 is 37.6. The van der Waals surface area contributed by atoms with Crippen molar-refractivity contribution < 1.29 is 27.9 Å². The van der Waals surface area contributed by atoms with Crippen LogP contribution in [0, 0.1) is 0 Å². The Hall–Kier alpha value is -2.06. The molecule has 6 nitrogen and oxygen atoms in total. The van der Waals surface area contributed by atoms with E-state index in [4.69, 9.17) is 5.11 Å². The van der Waals surface area contributed by atoms with Crippen LogP contribution in [0.3, 0.4) is 0 Å². The number of amides is 1. The Balaban J connectivity index is 2.62. The average molecular weight is 279 g/mol. The Morgan fingerprint density at radius 1 is 1.53 bits per heavy atom. The van der Waals surface area contributed by atoms with Gasteiger partial charge >= 0.3 is 12.1 Å². The Labute approximate surface area is 106 Å². The zero-order valence-corrected chi connectivity index (χ0v) is 9.94. The van der Waals surface area contributed by atoms with Crippen LogP contribution in [-0.2, 0) is 22.3 Å². The normalized spacial score (nSPS) is 13.1. The van der Waals surface area contributed by atoms with Gasteiger partial charge in [-0.3, -0.25) is 9.48 Å². The molecule has 1 amide bonds. The van der Waals surface area contributed by atoms with Crippen LogP contribution in [0.5, 0.6) is 0 Å². The molecular weight excluding hydrogens is 267 g/mol. The topological polar surface area (TPSA) is 84.2 Å². The Morgan fingerprint density at radius 2 is 2.16 bits per heavy atom. The molecule has 1 rings (SSSR count).